The second-order valence-corrected chi connectivity index (χ2v) is 6.52. The van der Waals surface area contributed by atoms with Crippen LogP contribution in [-0.2, 0) is 4.79 Å². The molecule has 8 heteroatoms. The van der Waals surface area contributed by atoms with Gasteiger partial charge in [-0.2, -0.15) is 0 Å². The maximum absolute atomic E-state index is 12.2. The molecule has 1 aromatic heterocycles. The van der Waals surface area contributed by atoms with Crippen LogP contribution in [0.15, 0.2) is 52.1 Å². The van der Waals surface area contributed by atoms with Gasteiger partial charge in [0, 0.05) is 17.3 Å². The molecule has 0 aliphatic rings. The zero-order valence-electron chi connectivity index (χ0n) is 15.2. The van der Waals surface area contributed by atoms with Crippen molar-refractivity contribution in [2.45, 2.75) is 12.1 Å². The fourth-order valence-electron chi connectivity index (χ4n) is 2.43. The van der Waals surface area contributed by atoms with Crippen molar-refractivity contribution in [3.05, 3.63) is 48.0 Å². The molecule has 1 N–H and O–H groups in total. The lowest BCUT2D eigenvalue weighted by Crippen LogP contribution is -2.14. The van der Waals surface area contributed by atoms with E-state index in [1.54, 1.807) is 32.4 Å². The summed E-state index contributed by atoms with van der Waals surface area (Å²) in [6.45, 7) is 1.98. The van der Waals surface area contributed by atoms with Gasteiger partial charge >= 0.3 is 0 Å². The number of benzene rings is 2. The Bertz CT molecular complexity index is 942. The van der Waals surface area contributed by atoms with Crippen molar-refractivity contribution in [2.24, 2.45) is 0 Å². The first-order valence-corrected chi connectivity index (χ1v) is 9.13. The summed E-state index contributed by atoms with van der Waals surface area (Å²) < 4.78 is 16.0. The molecule has 0 fully saturated rings. The number of nitrogens with one attached hydrogen (secondary N) is 1. The Balaban J connectivity index is 1.59. The van der Waals surface area contributed by atoms with Gasteiger partial charge in [0.05, 0.1) is 20.0 Å². The van der Waals surface area contributed by atoms with Crippen LogP contribution in [0.3, 0.4) is 0 Å². The Morgan fingerprint density at radius 3 is 2.63 bits per heavy atom. The summed E-state index contributed by atoms with van der Waals surface area (Å²) in [5.41, 5.74) is 2.54. The van der Waals surface area contributed by atoms with Crippen molar-refractivity contribution < 1.29 is 18.7 Å². The standard InChI is InChI=1S/C19H19N3O4S/c1-12-6-4-5-7-14(12)18-21-22-19(26-18)27-11-17(23)20-13-8-9-15(24-2)16(10-13)25-3/h4-10H,11H2,1-3H3,(H,20,23). The van der Waals surface area contributed by atoms with Crippen LogP contribution >= 0.6 is 11.8 Å². The summed E-state index contributed by atoms with van der Waals surface area (Å²) in [6, 6.07) is 12.9. The number of thioether (sulfide) groups is 1. The van der Waals surface area contributed by atoms with Gasteiger partial charge in [-0.25, -0.2) is 0 Å². The molecule has 0 atom stereocenters. The minimum absolute atomic E-state index is 0.143. The van der Waals surface area contributed by atoms with Gasteiger partial charge in [0.15, 0.2) is 11.5 Å². The van der Waals surface area contributed by atoms with E-state index in [0.717, 1.165) is 11.1 Å². The average Bonchev–Trinajstić information content (AvgIpc) is 3.15. The lowest BCUT2D eigenvalue weighted by atomic mass is 10.1. The molecule has 0 aliphatic carbocycles. The van der Waals surface area contributed by atoms with Gasteiger partial charge in [-0.05, 0) is 30.7 Å². The number of anilines is 1. The number of hydrogen-bond donors (Lipinski definition) is 1. The lowest BCUT2D eigenvalue weighted by Gasteiger charge is -2.10. The number of amides is 1. The van der Waals surface area contributed by atoms with Gasteiger partial charge in [-0.15, -0.1) is 10.2 Å². The van der Waals surface area contributed by atoms with Crippen molar-refractivity contribution in [1.29, 1.82) is 0 Å². The Labute approximate surface area is 161 Å². The lowest BCUT2D eigenvalue weighted by molar-refractivity contribution is -0.113. The SMILES string of the molecule is COc1ccc(NC(=O)CSc2nnc(-c3ccccc3C)o2)cc1OC. The fourth-order valence-corrected chi connectivity index (χ4v) is 2.99. The molecule has 140 valence electrons. The van der Waals surface area contributed by atoms with E-state index in [2.05, 4.69) is 15.5 Å². The molecule has 1 amide bonds. The third-order valence-electron chi connectivity index (χ3n) is 3.78. The Morgan fingerprint density at radius 2 is 1.89 bits per heavy atom. The summed E-state index contributed by atoms with van der Waals surface area (Å²) >= 11 is 1.18. The first kappa shape index (κ1) is 18.8. The summed E-state index contributed by atoms with van der Waals surface area (Å²) in [7, 11) is 3.10. The Morgan fingerprint density at radius 1 is 1.11 bits per heavy atom. The second-order valence-electron chi connectivity index (χ2n) is 5.59. The smallest absolute Gasteiger partial charge is 0.277 e. The number of rotatable bonds is 7. The third-order valence-corrected chi connectivity index (χ3v) is 4.59. The zero-order chi connectivity index (χ0) is 19.2. The van der Waals surface area contributed by atoms with Crippen molar-refractivity contribution >= 4 is 23.4 Å². The molecule has 0 saturated heterocycles. The number of nitrogens with zero attached hydrogens (tertiary/aromatic N) is 2. The Hall–Kier alpha value is -3.00. The molecule has 1 heterocycles. The molecule has 27 heavy (non-hydrogen) atoms. The number of hydrogen-bond acceptors (Lipinski definition) is 7. The van der Waals surface area contributed by atoms with Crippen molar-refractivity contribution in [1.82, 2.24) is 10.2 Å². The topological polar surface area (TPSA) is 86.5 Å². The van der Waals surface area contributed by atoms with Crippen LogP contribution in [0, 0.1) is 6.92 Å². The summed E-state index contributed by atoms with van der Waals surface area (Å²) in [6.07, 6.45) is 0. The third kappa shape index (κ3) is 4.59. The molecule has 0 spiro atoms. The van der Waals surface area contributed by atoms with E-state index < -0.39 is 0 Å². The van der Waals surface area contributed by atoms with Crippen LogP contribution in [-0.4, -0.2) is 36.1 Å². The fraction of sp³-hybridized carbons (Fsp3) is 0.211. The molecule has 0 saturated carbocycles. The van der Waals surface area contributed by atoms with Crippen LogP contribution in [0.4, 0.5) is 5.69 Å². The highest BCUT2D eigenvalue weighted by atomic mass is 32.2. The minimum atomic E-state index is -0.192. The molecule has 0 radical (unpaired) electrons. The molecular formula is C19H19N3O4S. The van der Waals surface area contributed by atoms with E-state index in [1.165, 1.54) is 11.8 Å². The largest absolute Gasteiger partial charge is 0.493 e. The van der Waals surface area contributed by atoms with Gasteiger partial charge in [-0.3, -0.25) is 4.79 Å². The number of methoxy groups -OCH3 is 2. The van der Waals surface area contributed by atoms with Crippen LogP contribution in [0.5, 0.6) is 11.5 Å². The predicted octanol–water partition coefficient (Wildman–Crippen LogP) is 3.79. The van der Waals surface area contributed by atoms with E-state index in [0.29, 0.717) is 28.3 Å². The van der Waals surface area contributed by atoms with Crippen LogP contribution in [0.2, 0.25) is 0 Å². The maximum Gasteiger partial charge on any atom is 0.277 e. The molecule has 3 aromatic rings. The van der Waals surface area contributed by atoms with Gasteiger partial charge in [-0.1, -0.05) is 30.0 Å². The predicted molar refractivity (Wildman–Crippen MR) is 103 cm³/mol. The Kier molecular flexibility index (Phi) is 5.97. The first-order chi connectivity index (χ1) is 13.1. The zero-order valence-corrected chi connectivity index (χ0v) is 16.0. The van der Waals surface area contributed by atoms with Crippen LogP contribution in [0.1, 0.15) is 5.56 Å². The monoisotopic (exact) mass is 385 g/mol. The average molecular weight is 385 g/mol. The summed E-state index contributed by atoms with van der Waals surface area (Å²) in [5, 5.41) is 11.2. The minimum Gasteiger partial charge on any atom is -0.493 e. The summed E-state index contributed by atoms with van der Waals surface area (Å²) in [4.78, 5) is 12.2. The van der Waals surface area contributed by atoms with Crippen molar-refractivity contribution in [3.63, 3.8) is 0 Å². The van der Waals surface area contributed by atoms with Crippen molar-refractivity contribution in [3.8, 4) is 23.0 Å². The van der Waals surface area contributed by atoms with Gasteiger partial charge in [0.1, 0.15) is 0 Å². The highest BCUT2D eigenvalue weighted by Gasteiger charge is 2.13. The second kappa shape index (κ2) is 8.59. The molecule has 2 aromatic carbocycles. The number of carbonyl (C=O) groups is 1. The van der Waals surface area contributed by atoms with Gasteiger partial charge in [0.2, 0.25) is 11.8 Å². The van der Waals surface area contributed by atoms with E-state index in [-0.39, 0.29) is 11.7 Å². The van der Waals surface area contributed by atoms with E-state index in [1.807, 2.05) is 31.2 Å². The van der Waals surface area contributed by atoms with Gasteiger partial charge < -0.3 is 19.2 Å². The quantitative estimate of drug-likeness (QED) is 0.619. The maximum atomic E-state index is 12.2. The number of aryl methyl sites for hydroxylation is 1. The summed E-state index contributed by atoms with van der Waals surface area (Å²) in [5.74, 6) is 1.53. The van der Waals surface area contributed by atoms with Gasteiger partial charge in [0.25, 0.3) is 5.22 Å². The number of ether oxygens (including phenoxy) is 2. The highest BCUT2D eigenvalue weighted by molar-refractivity contribution is 7.99. The molecule has 0 bridgehead atoms. The van der Waals surface area contributed by atoms with E-state index in [9.17, 15) is 4.79 Å². The molecule has 7 nitrogen and oxygen atoms in total. The van der Waals surface area contributed by atoms with Crippen molar-refractivity contribution in [2.75, 3.05) is 25.3 Å². The molecule has 3 rings (SSSR count). The highest BCUT2D eigenvalue weighted by Crippen LogP contribution is 2.30. The number of aromatic nitrogens is 2. The van der Waals surface area contributed by atoms with Crippen LogP contribution in [0.25, 0.3) is 11.5 Å². The molecule has 0 aliphatic heterocycles. The van der Waals surface area contributed by atoms with Crippen LogP contribution < -0.4 is 14.8 Å². The van der Waals surface area contributed by atoms with E-state index in [4.69, 9.17) is 13.9 Å². The first-order valence-electron chi connectivity index (χ1n) is 8.15. The van der Waals surface area contributed by atoms with E-state index >= 15 is 0 Å². The molecular weight excluding hydrogens is 366 g/mol. The number of carbonyl (C=O) groups excluding carboxylic acids is 1. The molecule has 0 unspecified atom stereocenters. The normalized spacial score (nSPS) is 10.5.